The molecule has 1 atom stereocenters. The number of methoxy groups -OCH3 is 1. The highest BCUT2D eigenvalue weighted by molar-refractivity contribution is 6.31. The number of nitrogens with one attached hydrogen (secondary N) is 1. The lowest BCUT2D eigenvalue weighted by Gasteiger charge is -2.38. The molecule has 9 nitrogen and oxygen atoms in total. The molecule has 0 radical (unpaired) electrons. The highest BCUT2D eigenvalue weighted by Gasteiger charge is 2.50. The predicted octanol–water partition coefficient (Wildman–Crippen LogP) is 4.55. The topological polar surface area (TPSA) is 136 Å². The zero-order valence-electron chi connectivity index (χ0n) is 23.6. The van der Waals surface area contributed by atoms with Gasteiger partial charge >= 0.3 is 6.55 Å². The molecule has 1 aromatic heterocycles. The summed E-state index contributed by atoms with van der Waals surface area (Å²) in [6.45, 7) is -4.01. The van der Waals surface area contributed by atoms with Crippen molar-refractivity contribution in [3.63, 3.8) is 0 Å². The summed E-state index contributed by atoms with van der Waals surface area (Å²) in [6, 6.07) is 4.95. The van der Waals surface area contributed by atoms with Gasteiger partial charge in [-0.15, -0.1) is 0 Å². The molecular formula is C30H26ClF5N4O5. The number of aliphatic imine (C=N–C) groups is 1. The Morgan fingerprint density at radius 3 is 2.53 bits per heavy atom. The Morgan fingerprint density at radius 2 is 1.96 bits per heavy atom. The Hall–Kier alpha value is -4.14. The van der Waals surface area contributed by atoms with Gasteiger partial charge < -0.3 is 30.4 Å². The molecule has 1 aliphatic heterocycles. The number of nitrogen functional groups attached to an aromatic ring is 1. The van der Waals surface area contributed by atoms with Crippen LogP contribution in [-0.2, 0) is 20.5 Å². The van der Waals surface area contributed by atoms with E-state index < -0.39 is 63.1 Å². The van der Waals surface area contributed by atoms with Crippen molar-refractivity contribution in [1.29, 1.82) is 0 Å². The van der Waals surface area contributed by atoms with Crippen molar-refractivity contribution in [1.82, 2.24) is 10.3 Å². The number of alkyl halides is 2. The third-order valence-electron chi connectivity index (χ3n) is 7.92. The molecule has 15 heteroatoms. The van der Waals surface area contributed by atoms with E-state index in [9.17, 15) is 32.3 Å². The quantitative estimate of drug-likeness (QED) is 0.0691. The molecule has 1 aliphatic carbocycles. The number of aromatic nitrogens is 1. The van der Waals surface area contributed by atoms with Crippen molar-refractivity contribution in [3.05, 3.63) is 75.2 Å². The number of anilines is 1. The van der Waals surface area contributed by atoms with E-state index in [2.05, 4.69) is 15.3 Å². The Labute approximate surface area is 258 Å². The minimum atomic E-state index is -3.03. The number of benzene rings is 2. The summed E-state index contributed by atoms with van der Waals surface area (Å²) in [5, 5.41) is 13.2. The summed E-state index contributed by atoms with van der Waals surface area (Å²) in [7, 11) is 1.26. The molecular weight excluding hydrogens is 627 g/mol. The zero-order chi connectivity index (χ0) is 32.7. The number of ether oxygens (including phenoxy) is 2. The second kappa shape index (κ2) is 12.3. The SMILES string of the molecule is COc1cc(C(=O)NC[C@](C=O)(c2cc(C3(O)COC3)c(F)c(-c3cc(Cl)c(F)cc3F)n2)C2CC2)cc(C=NC(F)F)c1N. The maximum absolute atomic E-state index is 15.9. The van der Waals surface area contributed by atoms with E-state index >= 15 is 4.39 Å². The lowest BCUT2D eigenvalue weighted by Crippen LogP contribution is -2.48. The van der Waals surface area contributed by atoms with Gasteiger partial charge in [0.25, 0.3) is 5.91 Å². The molecule has 1 saturated carbocycles. The van der Waals surface area contributed by atoms with Crippen molar-refractivity contribution in [2.75, 3.05) is 32.6 Å². The van der Waals surface area contributed by atoms with Crippen molar-refractivity contribution in [2.24, 2.45) is 10.9 Å². The molecule has 5 rings (SSSR count). The number of carbonyl (C=O) groups is 2. The third kappa shape index (κ3) is 6.09. The molecule has 4 N–H and O–H groups in total. The van der Waals surface area contributed by atoms with Gasteiger partial charge in [-0.1, -0.05) is 11.6 Å². The van der Waals surface area contributed by atoms with E-state index in [1.54, 1.807) is 0 Å². The number of halogens is 6. The number of nitrogens with two attached hydrogens (primary N) is 1. The molecule has 0 unspecified atom stereocenters. The fraction of sp³-hybridized carbons (Fsp3) is 0.333. The second-order valence-corrected chi connectivity index (χ2v) is 11.2. The van der Waals surface area contributed by atoms with Gasteiger partial charge in [0.1, 0.15) is 35.0 Å². The second-order valence-electron chi connectivity index (χ2n) is 10.8. The maximum Gasteiger partial charge on any atom is 0.331 e. The molecule has 2 aliphatic rings. The molecule has 238 valence electrons. The van der Waals surface area contributed by atoms with Crippen LogP contribution in [0, 0.1) is 23.4 Å². The molecule has 1 amide bonds. The first-order valence-electron chi connectivity index (χ1n) is 13.5. The van der Waals surface area contributed by atoms with E-state index in [1.165, 1.54) is 25.3 Å². The average molecular weight is 653 g/mol. The highest BCUT2D eigenvalue weighted by atomic mass is 35.5. The van der Waals surface area contributed by atoms with Crippen molar-refractivity contribution >= 4 is 35.7 Å². The monoisotopic (exact) mass is 652 g/mol. The van der Waals surface area contributed by atoms with Crippen molar-refractivity contribution < 1.29 is 46.1 Å². The minimum Gasteiger partial charge on any atom is -0.495 e. The Morgan fingerprint density at radius 1 is 1.24 bits per heavy atom. The van der Waals surface area contributed by atoms with Gasteiger partial charge in [-0.3, -0.25) is 4.79 Å². The number of pyridine rings is 1. The van der Waals surface area contributed by atoms with Crippen molar-refractivity contribution in [3.8, 4) is 17.0 Å². The van der Waals surface area contributed by atoms with Gasteiger partial charge in [-0.05, 0) is 43.0 Å². The summed E-state index contributed by atoms with van der Waals surface area (Å²) < 4.78 is 80.5. The van der Waals surface area contributed by atoms with Crippen LogP contribution in [0.3, 0.4) is 0 Å². The van der Waals surface area contributed by atoms with E-state index in [4.69, 9.17) is 26.8 Å². The summed E-state index contributed by atoms with van der Waals surface area (Å²) in [5.41, 5.74) is 0.812. The molecule has 2 heterocycles. The van der Waals surface area contributed by atoms with E-state index in [-0.39, 0.29) is 53.6 Å². The first-order chi connectivity index (χ1) is 21.3. The average Bonchev–Trinajstić information content (AvgIpc) is 3.84. The number of aliphatic hydroxyl groups is 1. The largest absolute Gasteiger partial charge is 0.495 e. The van der Waals surface area contributed by atoms with Gasteiger partial charge in [0.15, 0.2) is 5.82 Å². The van der Waals surface area contributed by atoms with E-state index in [0.29, 0.717) is 25.2 Å². The van der Waals surface area contributed by atoms with E-state index in [0.717, 1.165) is 12.3 Å². The van der Waals surface area contributed by atoms with Gasteiger partial charge in [0.2, 0.25) is 0 Å². The summed E-state index contributed by atoms with van der Waals surface area (Å²) in [4.78, 5) is 33.5. The van der Waals surface area contributed by atoms with Crippen LogP contribution >= 0.6 is 11.6 Å². The normalized spacial score (nSPS) is 17.2. The smallest absolute Gasteiger partial charge is 0.331 e. The molecule has 3 aromatic rings. The molecule has 0 spiro atoms. The zero-order valence-corrected chi connectivity index (χ0v) is 24.3. The summed E-state index contributed by atoms with van der Waals surface area (Å²) >= 11 is 5.87. The first kappa shape index (κ1) is 32.3. The van der Waals surface area contributed by atoms with Crippen LogP contribution in [0.15, 0.2) is 35.3 Å². The number of hydrogen-bond donors (Lipinski definition) is 3. The van der Waals surface area contributed by atoms with E-state index in [1.807, 2.05) is 0 Å². The predicted molar refractivity (Wildman–Crippen MR) is 153 cm³/mol. The number of carbonyl (C=O) groups excluding carboxylic acids is 2. The molecule has 0 bridgehead atoms. The van der Waals surface area contributed by atoms with Gasteiger partial charge in [0, 0.05) is 41.1 Å². The Bertz CT molecular complexity index is 1700. The van der Waals surface area contributed by atoms with Gasteiger partial charge in [-0.2, -0.15) is 8.78 Å². The van der Waals surface area contributed by atoms with Gasteiger partial charge in [-0.25, -0.2) is 23.1 Å². The van der Waals surface area contributed by atoms with Crippen LogP contribution in [0.1, 0.15) is 40.0 Å². The highest BCUT2D eigenvalue weighted by Crippen LogP contribution is 2.48. The number of aldehydes is 1. The van der Waals surface area contributed by atoms with Gasteiger partial charge in [0.05, 0.1) is 42.1 Å². The first-order valence-corrected chi connectivity index (χ1v) is 13.9. The van der Waals surface area contributed by atoms with Crippen LogP contribution in [-0.4, -0.2) is 61.9 Å². The lowest BCUT2D eigenvalue weighted by atomic mass is 9.78. The van der Waals surface area contributed by atoms with Crippen LogP contribution in [0.5, 0.6) is 5.75 Å². The van der Waals surface area contributed by atoms with Crippen LogP contribution in [0.2, 0.25) is 5.02 Å². The number of hydrogen-bond acceptors (Lipinski definition) is 8. The molecule has 2 aromatic carbocycles. The number of rotatable bonds is 11. The molecule has 2 fully saturated rings. The standard InChI is InChI=1S/C30H26ClF5N4O5/c1-44-22-5-14(4-15(25(22)37)9-38-28(35)36)27(42)39-10-29(11-41,16-2-3-16)23-7-18(30(43)12-45-13-30)24(34)26(40-23)17-6-19(31)21(33)8-20(17)32/h4-9,11,16,28,43H,2-3,10,12-13,37H2,1H3,(H,39,42)/t29-/m1/s1. The Balaban J connectivity index is 1.58. The maximum atomic E-state index is 15.9. The third-order valence-corrected chi connectivity index (χ3v) is 8.21. The van der Waals surface area contributed by atoms with Crippen LogP contribution < -0.4 is 15.8 Å². The summed E-state index contributed by atoms with van der Waals surface area (Å²) in [5.74, 6) is -4.55. The van der Waals surface area contributed by atoms with Crippen LogP contribution in [0.25, 0.3) is 11.3 Å². The number of nitrogens with zero attached hydrogens (tertiary/aromatic N) is 2. The minimum absolute atomic E-state index is 0.00708. The fourth-order valence-electron chi connectivity index (χ4n) is 5.20. The van der Waals surface area contributed by atoms with Crippen molar-refractivity contribution in [2.45, 2.75) is 30.4 Å². The fourth-order valence-corrected chi connectivity index (χ4v) is 5.36. The Kier molecular flexibility index (Phi) is 8.84. The lowest BCUT2D eigenvalue weighted by molar-refractivity contribution is -0.186. The molecule has 45 heavy (non-hydrogen) atoms. The summed E-state index contributed by atoms with van der Waals surface area (Å²) in [6.07, 6.45) is 2.37. The van der Waals surface area contributed by atoms with Crippen LogP contribution in [0.4, 0.5) is 27.6 Å². The number of amides is 1. The molecule has 1 saturated heterocycles.